The maximum absolute atomic E-state index is 6.21. The number of nitrogens with one attached hydrogen (secondary N) is 1. The molecule has 1 unspecified atom stereocenters. The molecule has 100 valence electrons. The van der Waals surface area contributed by atoms with Gasteiger partial charge in [0.15, 0.2) is 5.82 Å². The van der Waals surface area contributed by atoms with Crippen LogP contribution in [-0.2, 0) is 4.74 Å². The highest BCUT2D eigenvalue weighted by Crippen LogP contribution is 2.33. The molecule has 1 aromatic heterocycles. The second kappa shape index (κ2) is 5.58. The monoisotopic (exact) mass is 343 g/mol. The molecule has 0 radical (unpaired) electrons. The van der Waals surface area contributed by atoms with E-state index in [0.717, 1.165) is 11.0 Å². The number of hydrogen-bond acceptors (Lipinski definition) is 5. The van der Waals surface area contributed by atoms with Crippen LogP contribution in [0.3, 0.4) is 0 Å². The minimum atomic E-state index is -0.0304. The SMILES string of the molecule is Clc1c(Br)cccc1-c1nc(C2COCCN2)no1. The third kappa shape index (κ3) is 2.67. The van der Waals surface area contributed by atoms with Crippen molar-refractivity contribution in [2.24, 2.45) is 0 Å². The van der Waals surface area contributed by atoms with Crippen molar-refractivity contribution < 1.29 is 9.26 Å². The normalized spacial score (nSPS) is 19.6. The fourth-order valence-electron chi connectivity index (χ4n) is 1.89. The van der Waals surface area contributed by atoms with E-state index in [9.17, 15) is 0 Å². The van der Waals surface area contributed by atoms with Crippen molar-refractivity contribution >= 4 is 27.5 Å². The van der Waals surface area contributed by atoms with Crippen LogP contribution >= 0.6 is 27.5 Å². The lowest BCUT2D eigenvalue weighted by Crippen LogP contribution is -2.35. The lowest BCUT2D eigenvalue weighted by atomic mass is 10.2. The van der Waals surface area contributed by atoms with Crippen LogP contribution in [0.1, 0.15) is 11.9 Å². The first-order valence-corrected chi connectivity index (χ1v) is 7.02. The van der Waals surface area contributed by atoms with E-state index in [1.54, 1.807) is 0 Å². The van der Waals surface area contributed by atoms with Crippen molar-refractivity contribution in [2.75, 3.05) is 19.8 Å². The molecule has 2 aromatic rings. The molecule has 0 bridgehead atoms. The van der Waals surface area contributed by atoms with E-state index in [4.69, 9.17) is 20.9 Å². The Labute approximate surface area is 123 Å². The Morgan fingerprint density at radius 2 is 2.32 bits per heavy atom. The van der Waals surface area contributed by atoms with Crippen LogP contribution < -0.4 is 5.32 Å². The van der Waals surface area contributed by atoms with Gasteiger partial charge in [-0.05, 0) is 28.1 Å². The zero-order chi connectivity index (χ0) is 13.2. The highest BCUT2D eigenvalue weighted by atomic mass is 79.9. The number of nitrogens with zero attached hydrogens (tertiary/aromatic N) is 2. The molecule has 1 N–H and O–H groups in total. The molecule has 0 spiro atoms. The summed E-state index contributed by atoms with van der Waals surface area (Å²) in [5, 5.41) is 7.82. The maximum atomic E-state index is 6.21. The highest BCUT2D eigenvalue weighted by molar-refractivity contribution is 9.10. The first-order chi connectivity index (χ1) is 9.25. The predicted molar refractivity (Wildman–Crippen MR) is 74.0 cm³/mol. The fraction of sp³-hybridized carbons (Fsp3) is 0.333. The molecule has 3 rings (SSSR count). The van der Waals surface area contributed by atoms with Gasteiger partial charge in [0.2, 0.25) is 0 Å². The number of morpholine rings is 1. The van der Waals surface area contributed by atoms with Gasteiger partial charge in [0.1, 0.15) is 0 Å². The lowest BCUT2D eigenvalue weighted by molar-refractivity contribution is 0.0734. The molecule has 1 saturated heterocycles. The van der Waals surface area contributed by atoms with Crippen molar-refractivity contribution in [1.29, 1.82) is 0 Å². The summed E-state index contributed by atoms with van der Waals surface area (Å²) in [4.78, 5) is 4.38. The first kappa shape index (κ1) is 13.1. The molecule has 0 amide bonds. The Kier molecular flexibility index (Phi) is 3.83. The van der Waals surface area contributed by atoms with Crippen molar-refractivity contribution in [3.8, 4) is 11.5 Å². The van der Waals surface area contributed by atoms with Gasteiger partial charge in [-0.25, -0.2) is 0 Å². The maximum Gasteiger partial charge on any atom is 0.259 e. The molecule has 1 atom stereocenters. The Balaban J connectivity index is 1.90. The average Bonchev–Trinajstić information content (AvgIpc) is 2.92. The number of benzene rings is 1. The standard InChI is InChI=1S/C12H11BrClN3O2/c13-8-3-1-2-7(10(8)14)12-16-11(17-19-12)9-6-18-5-4-15-9/h1-3,9,15H,4-6H2. The minimum Gasteiger partial charge on any atom is -0.378 e. The van der Waals surface area contributed by atoms with Crippen LogP contribution in [0.25, 0.3) is 11.5 Å². The summed E-state index contributed by atoms with van der Waals surface area (Å²) >= 11 is 9.58. The summed E-state index contributed by atoms with van der Waals surface area (Å²) in [6.45, 7) is 2.04. The molecule has 19 heavy (non-hydrogen) atoms. The lowest BCUT2D eigenvalue weighted by Gasteiger charge is -2.20. The average molecular weight is 345 g/mol. The summed E-state index contributed by atoms with van der Waals surface area (Å²) in [7, 11) is 0. The zero-order valence-electron chi connectivity index (χ0n) is 9.90. The van der Waals surface area contributed by atoms with Crippen LogP contribution in [0.2, 0.25) is 5.02 Å². The summed E-state index contributed by atoms with van der Waals surface area (Å²) in [6, 6.07) is 5.54. The summed E-state index contributed by atoms with van der Waals surface area (Å²) in [5.74, 6) is 0.999. The molecule has 7 heteroatoms. The fourth-order valence-corrected chi connectivity index (χ4v) is 2.46. The summed E-state index contributed by atoms with van der Waals surface area (Å²) in [6.07, 6.45) is 0. The van der Waals surface area contributed by atoms with Crippen LogP contribution in [0.15, 0.2) is 27.2 Å². The highest BCUT2D eigenvalue weighted by Gasteiger charge is 2.22. The minimum absolute atomic E-state index is 0.0304. The number of ether oxygens (including phenoxy) is 1. The second-order valence-electron chi connectivity index (χ2n) is 4.14. The van der Waals surface area contributed by atoms with Crippen molar-refractivity contribution in [3.05, 3.63) is 33.5 Å². The van der Waals surface area contributed by atoms with Gasteiger partial charge < -0.3 is 14.6 Å². The van der Waals surface area contributed by atoms with Gasteiger partial charge >= 0.3 is 0 Å². The Bertz CT molecular complexity index is 584. The van der Waals surface area contributed by atoms with Gasteiger partial charge in [-0.2, -0.15) is 4.98 Å². The van der Waals surface area contributed by atoms with E-state index in [2.05, 4.69) is 31.4 Å². The van der Waals surface area contributed by atoms with E-state index < -0.39 is 0 Å². The quantitative estimate of drug-likeness (QED) is 0.908. The topological polar surface area (TPSA) is 60.2 Å². The Hall–Kier alpha value is -0.950. The summed E-state index contributed by atoms with van der Waals surface area (Å²) in [5.41, 5.74) is 0.714. The van der Waals surface area contributed by atoms with Crippen molar-refractivity contribution in [2.45, 2.75) is 6.04 Å². The van der Waals surface area contributed by atoms with Gasteiger partial charge in [-0.15, -0.1) is 0 Å². The van der Waals surface area contributed by atoms with Crippen LogP contribution in [0, 0.1) is 0 Å². The molecule has 0 aliphatic carbocycles. The van der Waals surface area contributed by atoms with Crippen molar-refractivity contribution in [1.82, 2.24) is 15.5 Å². The van der Waals surface area contributed by atoms with Crippen LogP contribution in [0.4, 0.5) is 0 Å². The zero-order valence-corrected chi connectivity index (χ0v) is 12.2. The van der Waals surface area contributed by atoms with E-state index >= 15 is 0 Å². The molecule has 2 heterocycles. The number of hydrogen-bond donors (Lipinski definition) is 1. The number of halogens is 2. The third-order valence-corrected chi connectivity index (χ3v) is 4.15. The van der Waals surface area contributed by atoms with E-state index in [-0.39, 0.29) is 6.04 Å². The first-order valence-electron chi connectivity index (χ1n) is 5.85. The summed E-state index contributed by atoms with van der Waals surface area (Å²) < 4.78 is 11.5. The molecule has 5 nitrogen and oxygen atoms in total. The Morgan fingerprint density at radius 1 is 1.42 bits per heavy atom. The van der Waals surface area contributed by atoms with Gasteiger partial charge in [0.05, 0.1) is 29.8 Å². The van der Waals surface area contributed by atoms with Gasteiger partial charge in [0.25, 0.3) is 5.89 Å². The number of aromatic nitrogens is 2. The largest absolute Gasteiger partial charge is 0.378 e. The Morgan fingerprint density at radius 3 is 3.11 bits per heavy atom. The molecule has 1 aliphatic heterocycles. The molecule has 1 aliphatic rings. The molecule has 1 fully saturated rings. The molecular formula is C12H11BrClN3O2. The van der Waals surface area contributed by atoms with Gasteiger partial charge in [-0.1, -0.05) is 22.8 Å². The molecule has 0 saturated carbocycles. The van der Waals surface area contributed by atoms with Gasteiger partial charge in [-0.3, -0.25) is 0 Å². The predicted octanol–water partition coefficient (Wildman–Crippen LogP) is 2.81. The number of rotatable bonds is 2. The molecular weight excluding hydrogens is 334 g/mol. The van der Waals surface area contributed by atoms with E-state index in [0.29, 0.717) is 35.5 Å². The third-order valence-electron chi connectivity index (χ3n) is 2.86. The van der Waals surface area contributed by atoms with E-state index in [1.807, 2.05) is 18.2 Å². The molecule has 1 aromatic carbocycles. The van der Waals surface area contributed by atoms with Crippen molar-refractivity contribution in [3.63, 3.8) is 0 Å². The van der Waals surface area contributed by atoms with Crippen LogP contribution in [0.5, 0.6) is 0 Å². The van der Waals surface area contributed by atoms with Crippen LogP contribution in [-0.4, -0.2) is 29.9 Å². The smallest absolute Gasteiger partial charge is 0.259 e. The van der Waals surface area contributed by atoms with Gasteiger partial charge in [0, 0.05) is 11.0 Å². The van der Waals surface area contributed by atoms with E-state index in [1.165, 1.54) is 0 Å². The second-order valence-corrected chi connectivity index (χ2v) is 5.37.